The zero-order valence-corrected chi connectivity index (χ0v) is 12.2. The lowest BCUT2D eigenvalue weighted by atomic mass is 10.0. The Balaban J connectivity index is 2.24. The standard InChI is InChI=1S/C15H18ClN3/c1-4-13-14(16)17-9-18-15(13)19-12-7-5-11(6-8-12)10(2)3/h5-10H,4H2,1-3H3,(H,17,18,19). The van der Waals surface area contributed by atoms with E-state index in [9.17, 15) is 0 Å². The smallest absolute Gasteiger partial charge is 0.138 e. The molecule has 0 saturated carbocycles. The molecule has 0 bridgehead atoms. The molecule has 0 saturated heterocycles. The van der Waals surface area contributed by atoms with Crippen molar-refractivity contribution in [2.45, 2.75) is 33.1 Å². The van der Waals surface area contributed by atoms with E-state index in [1.165, 1.54) is 11.9 Å². The van der Waals surface area contributed by atoms with Crippen LogP contribution in [0.5, 0.6) is 0 Å². The Bertz CT molecular complexity index is 550. The maximum Gasteiger partial charge on any atom is 0.138 e. The van der Waals surface area contributed by atoms with Gasteiger partial charge in [-0.1, -0.05) is 44.5 Å². The zero-order chi connectivity index (χ0) is 13.8. The summed E-state index contributed by atoms with van der Waals surface area (Å²) >= 11 is 6.07. The second-order valence-corrected chi connectivity index (χ2v) is 5.10. The van der Waals surface area contributed by atoms with Crippen molar-refractivity contribution in [3.05, 3.63) is 46.9 Å². The fourth-order valence-electron chi connectivity index (χ4n) is 1.90. The quantitative estimate of drug-likeness (QED) is 0.831. The van der Waals surface area contributed by atoms with Gasteiger partial charge in [0.2, 0.25) is 0 Å². The summed E-state index contributed by atoms with van der Waals surface area (Å²) in [5.74, 6) is 1.31. The van der Waals surface area contributed by atoms with Gasteiger partial charge in [0, 0.05) is 11.3 Å². The van der Waals surface area contributed by atoms with Gasteiger partial charge in [0.1, 0.15) is 17.3 Å². The normalized spacial score (nSPS) is 10.8. The number of rotatable bonds is 4. The predicted octanol–water partition coefficient (Wildman–Crippen LogP) is 4.56. The number of nitrogens with zero attached hydrogens (tertiary/aromatic N) is 2. The molecule has 0 unspecified atom stereocenters. The molecule has 0 aliphatic heterocycles. The molecule has 1 N–H and O–H groups in total. The van der Waals surface area contributed by atoms with Gasteiger partial charge in [-0.05, 0) is 30.0 Å². The lowest BCUT2D eigenvalue weighted by Gasteiger charge is -2.11. The average Bonchev–Trinajstić information content (AvgIpc) is 2.39. The summed E-state index contributed by atoms with van der Waals surface area (Å²) in [7, 11) is 0. The first kappa shape index (κ1) is 13.8. The minimum atomic E-state index is 0.513. The van der Waals surface area contributed by atoms with Gasteiger partial charge in [0.15, 0.2) is 0 Å². The zero-order valence-electron chi connectivity index (χ0n) is 11.4. The summed E-state index contributed by atoms with van der Waals surface area (Å²) < 4.78 is 0. The number of hydrogen-bond donors (Lipinski definition) is 1. The lowest BCUT2D eigenvalue weighted by Crippen LogP contribution is -2.00. The molecule has 2 aromatic rings. The molecule has 19 heavy (non-hydrogen) atoms. The Morgan fingerprint density at radius 1 is 1.16 bits per heavy atom. The van der Waals surface area contributed by atoms with Crippen molar-refractivity contribution >= 4 is 23.1 Å². The minimum Gasteiger partial charge on any atom is -0.340 e. The lowest BCUT2D eigenvalue weighted by molar-refractivity contribution is 0.867. The molecule has 3 nitrogen and oxygen atoms in total. The van der Waals surface area contributed by atoms with Crippen LogP contribution >= 0.6 is 11.6 Å². The van der Waals surface area contributed by atoms with E-state index in [1.807, 2.05) is 6.92 Å². The molecule has 0 amide bonds. The van der Waals surface area contributed by atoms with Crippen molar-refractivity contribution in [3.63, 3.8) is 0 Å². The second-order valence-electron chi connectivity index (χ2n) is 4.75. The number of anilines is 2. The summed E-state index contributed by atoms with van der Waals surface area (Å²) in [5.41, 5.74) is 3.27. The van der Waals surface area contributed by atoms with E-state index in [-0.39, 0.29) is 0 Å². The van der Waals surface area contributed by atoms with Gasteiger partial charge < -0.3 is 5.32 Å². The Hall–Kier alpha value is -1.61. The molecular weight excluding hydrogens is 258 g/mol. The Morgan fingerprint density at radius 3 is 2.42 bits per heavy atom. The Morgan fingerprint density at radius 2 is 1.84 bits per heavy atom. The van der Waals surface area contributed by atoms with Gasteiger partial charge in [-0.15, -0.1) is 0 Å². The van der Waals surface area contributed by atoms with Gasteiger partial charge in [0.25, 0.3) is 0 Å². The molecule has 2 rings (SSSR count). The van der Waals surface area contributed by atoms with Crippen LogP contribution in [0.4, 0.5) is 11.5 Å². The number of hydrogen-bond acceptors (Lipinski definition) is 3. The molecular formula is C15H18ClN3. The fraction of sp³-hybridized carbons (Fsp3) is 0.333. The number of halogens is 1. The molecule has 0 radical (unpaired) electrons. The van der Waals surface area contributed by atoms with Crippen LogP contribution in [0.3, 0.4) is 0 Å². The average molecular weight is 276 g/mol. The van der Waals surface area contributed by atoms with Crippen LogP contribution < -0.4 is 5.32 Å². The fourth-order valence-corrected chi connectivity index (χ4v) is 2.17. The Labute approximate surface area is 119 Å². The molecule has 100 valence electrons. The van der Waals surface area contributed by atoms with Crippen molar-refractivity contribution in [1.82, 2.24) is 9.97 Å². The van der Waals surface area contributed by atoms with Crippen LogP contribution in [0.1, 0.15) is 37.8 Å². The third kappa shape index (κ3) is 3.24. The van der Waals surface area contributed by atoms with E-state index in [4.69, 9.17) is 11.6 Å². The summed E-state index contributed by atoms with van der Waals surface area (Å²) in [6.45, 7) is 6.40. The highest BCUT2D eigenvalue weighted by Crippen LogP contribution is 2.24. The molecule has 0 atom stereocenters. The van der Waals surface area contributed by atoms with E-state index in [2.05, 4.69) is 53.4 Å². The summed E-state index contributed by atoms with van der Waals surface area (Å²) in [4.78, 5) is 8.26. The molecule has 0 aliphatic carbocycles. The topological polar surface area (TPSA) is 37.8 Å². The third-order valence-electron chi connectivity index (χ3n) is 3.09. The molecule has 0 spiro atoms. The van der Waals surface area contributed by atoms with E-state index in [0.717, 1.165) is 23.5 Å². The van der Waals surface area contributed by atoms with Gasteiger partial charge in [-0.2, -0.15) is 0 Å². The third-order valence-corrected chi connectivity index (χ3v) is 3.41. The van der Waals surface area contributed by atoms with E-state index >= 15 is 0 Å². The first-order chi connectivity index (χ1) is 9.11. The van der Waals surface area contributed by atoms with Gasteiger partial charge in [-0.3, -0.25) is 0 Å². The number of benzene rings is 1. The molecule has 0 fully saturated rings. The minimum absolute atomic E-state index is 0.513. The molecule has 1 aromatic carbocycles. The monoisotopic (exact) mass is 275 g/mol. The predicted molar refractivity (Wildman–Crippen MR) is 80.2 cm³/mol. The first-order valence-electron chi connectivity index (χ1n) is 6.48. The van der Waals surface area contributed by atoms with Crippen molar-refractivity contribution in [1.29, 1.82) is 0 Å². The van der Waals surface area contributed by atoms with E-state index < -0.39 is 0 Å². The highest BCUT2D eigenvalue weighted by Gasteiger charge is 2.08. The SMILES string of the molecule is CCc1c(Cl)ncnc1Nc1ccc(C(C)C)cc1. The summed E-state index contributed by atoms with van der Waals surface area (Å²) in [6.07, 6.45) is 2.28. The largest absolute Gasteiger partial charge is 0.340 e. The summed E-state index contributed by atoms with van der Waals surface area (Å²) in [6, 6.07) is 8.37. The molecule has 1 aromatic heterocycles. The maximum atomic E-state index is 6.07. The van der Waals surface area contributed by atoms with E-state index in [1.54, 1.807) is 0 Å². The van der Waals surface area contributed by atoms with Crippen LogP contribution in [0.15, 0.2) is 30.6 Å². The first-order valence-corrected chi connectivity index (χ1v) is 6.86. The molecule has 0 aliphatic rings. The van der Waals surface area contributed by atoms with Crippen molar-refractivity contribution in [2.24, 2.45) is 0 Å². The van der Waals surface area contributed by atoms with Crippen LogP contribution in [0.25, 0.3) is 0 Å². The molecule has 4 heteroatoms. The Kier molecular flexibility index (Phi) is 4.38. The highest BCUT2D eigenvalue weighted by molar-refractivity contribution is 6.30. The van der Waals surface area contributed by atoms with Crippen LogP contribution in [-0.2, 0) is 6.42 Å². The summed E-state index contributed by atoms with van der Waals surface area (Å²) in [5, 5.41) is 3.81. The van der Waals surface area contributed by atoms with Crippen LogP contribution in [0, 0.1) is 0 Å². The van der Waals surface area contributed by atoms with Crippen LogP contribution in [0.2, 0.25) is 5.15 Å². The number of aromatic nitrogens is 2. The maximum absolute atomic E-state index is 6.07. The van der Waals surface area contributed by atoms with Crippen molar-refractivity contribution in [3.8, 4) is 0 Å². The van der Waals surface area contributed by atoms with Crippen LogP contribution in [-0.4, -0.2) is 9.97 Å². The van der Waals surface area contributed by atoms with Gasteiger partial charge in [-0.25, -0.2) is 9.97 Å². The highest BCUT2D eigenvalue weighted by atomic mass is 35.5. The van der Waals surface area contributed by atoms with Crippen molar-refractivity contribution < 1.29 is 0 Å². The number of nitrogens with one attached hydrogen (secondary N) is 1. The second kappa shape index (κ2) is 6.02. The van der Waals surface area contributed by atoms with Crippen molar-refractivity contribution in [2.75, 3.05) is 5.32 Å². The van der Waals surface area contributed by atoms with Gasteiger partial charge in [0.05, 0.1) is 0 Å². The van der Waals surface area contributed by atoms with E-state index in [0.29, 0.717) is 11.1 Å². The molecule has 1 heterocycles. The van der Waals surface area contributed by atoms with Gasteiger partial charge >= 0.3 is 0 Å².